The van der Waals surface area contributed by atoms with Crippen LogP contribution in [0.3, 0.4) is 0 Å². The lowest BCUT2D eigenvalue weighted by Gasteiger charge is -2.55. The van der Waals surface area contributed by atoms with Gasteiger partial charge in [-0.1, -0.05) is 26.8 Å². The first-order valence-corrected chi connectivity index (χ1v) is 8.58. The first-order valence-electron chi connectivity index (χ1n) is 8.58. The second-order valence-electron chi connectivity index (χ2n) is 7.33. The largest absolute Gasteiger partial charge is 0.508 e. The highest BCUT2D eigenvalue weighted by atomic mass is 16.5. The van der Waals surface area contributed by atoms with Crippen molar-refractivity contribution in [3.05, 3.63) is 29.3 Å². The minimum absolute atomic E-state index is 0.183. The molecule has 4 atom stereocenters. The number of nitrogens with zero attached hydrogens (tertiary/aromatic N) is 1. The molecule has 1 aliphatic heterocycles. The highest BCUT2D eigenvalue weighted by Crippen LogP contribution is 2.49. The number of fused-ring (bicyclic) bond motifs is 4. The molecule has 3 nitrogen and oxygen atoms in total. The molecule has 2 bridgehead atoms. The van der Waals surface area contributed by atoms with Gasteiger partial charge in [0.1, 0.15) is 5.75 Å². The normalized spacial score (nSPS) is 32.5. The van der Waals surface area contributed by atoms with Crippen LogP contribution in [-0.2, 0) is 16.6 Å². The van der Waals surface area contributed by atoms with Crippen LogP contribution in [0.1, 0.15) is 44.7 Å². The Bertz CT molecular complexity index is 540. The van der Waals surface area contributed by atoms with Crippen LogP contribution in [0.2, 0.25) is 0 Å². The maximum absolute atomic E-state index is 9.89. The van der Waals surface area contributed by atoms with Gasteiger partial charge in [0.05, 0.1) is 6.10 Å². The fraction of sp³-hybridized carbons (Fsp3) is 0.684. The van der Waals surface area contributed by atoms with Crippen molar-refractivity contribution in [2.24, 2.45) is 5.92 Å². The SMILES string of the molecule is CC[C@H](CN1CC[C@@]2(C)c3cc(O)ccc3C[C@@H]1[C@H]2C)OC. The molecule has 0 spiro atoms. The maximum Gasteiger partial charge on any atom is 0.115 e. The number of likely N-dealkylation sites (tertiary alicyclic amines) is 1. The molecule has 1 heterocycles. The molecular weight excluding hydrogens is 274 g/mol. The number of hydrogen-bond donors (Lipinski definition) is 1. The minimum atomic E-state index is 0.183. The van der Waals surface area contributed by atoms with E-state index in [1.165, 1.54) is 11.1 Å². The summed E-state index contributed by atoms with van der Waals surface area (Å²) in [6, 6.07) is 6.54. The van der Waals surface area contributed by atoms with Gasteiger partial charge in [0, 0.05) is 19.7 Å². The molecule has 0 saturated carbocycles. The molecule has 0 radical (unpaired) electrons. The summed E-state index contributed by atoms with van der Waals surface area (Å²) in [6.45, 7) is 9.13. The van der Waals surface area contributed by atoms with Crippen molar-refractivity contribution in [2.75, 3.05) is 20.2 Å². The molecule has 2 aliphatic rings. The molecule has 1 N–H and O–H groups in total. The van der Waals surface area contributed by atoms with Gasteiger partial charge in [-0.2, -0.15) is 0 Å². The smallest absolute Gasteiger partial charge is 0.115 e. The third kappa shape index (κ3) is 2.44. The number of aromatic hydroxyl groups is 1. The van der Waals surface area contributed by atoms with Crippen molar-refractivity contribution in [2.45, 2.75) is 57.6 Å². The summed E-state index contributed by atoms with van der Waals surface area (Å²) < 4.78 is 5.61. The highest BCUT2D eigenvalue weighted by Gasteiger charge is 2.48. The Morgan fingerprint density at radius 2 is 2.23 bits per heavy atom. The van der Waals surface area contributed by atoms with Crippen molar-refractivity contribution in [3.63, 3.8) is 0 Å². The topological polar surface area (TPSA) is 32.7 Å². The molecule has 1 aliphatic carbocycles. The first-order chi connectivity index (χ1) is 10.5. The van der Waals surface area contributed by atoms with E-state index in [1.807, 2.05) is 19.2 Å². The Morgan fingerprint density at radius 3 is 2.91 bits per heavy atom. The minimum Gasteiger partial charge on any atom is -0.508 e. The van der Waals surface area contributed by atoms with Gasteiger partial charge in [0.2, 0.25) is 0 Å². The fourth-order valence-electron chi connectivity index (χ4n) is 4.55. The average Bonchev–Trinajstić information content (AvgIpc) is 2.51. The summed E-state index contributed by atoms with van der Waals surface area (Å²) in [4.78, 5) is 2.64. The standard InChI is InChI=1S/C19H29NO2/c1-5-16(22-4)12-20-9-8-19(3)13(2)18(20)10-14-6-7-15(21)11-17(14)19/h6-7,11,13,16,18,21H,5,8-10,12H2,1-4H3/t13-,16-,18-,19-/m1/s1. The van der Waals surface area contributed by atoms with Crippen LogP contribution in [0.5, 0.6) is 5.75 Å². The Labute approximate surface area is 134 Å². The summed E-state index contributed by atoms with van der Waals surface area (Å²) in [7, 11) is 1.82. The van der Waals surface area contributed by atoms with Gasteiger partial charge in [-0.3, -0.25) is 4.90 Å². The van der Waals surface area contributed by atoms with Crippen LogP contribution in [0.15, 0.2) is 18.2 Å². The van der Waals surface area contributed by atoms with Crippen LogP contribution < -0.4 is 0 Å². The Kier molecular flexibility index (Phi) is 4.21. The summed E-state index contributed by atoms with van der Waals surface area (Å²) in [5.41, 5.74) is 2.97. The zero-order valence-electron chi connectivity index (χ0n) is 14.3. The molecular formula is C19H29NO2. The Balaban J connectivity index is 1.91. The maximum atomic E-state index is 9.89. The summed E-state index contributed by atoms with van der Waals surface area (Å²) in [6.07, 6.45) is 3.64. The second-order valence-corrected chi connectivity index (χ2v) is 7.33. The lowest BCUT2D eigenvalue weighted by molar-refractivity contribution is -0.0123. The molecule has 0 unspecified atom stereocenters. The molecule has 122 valence electrons. The molecule has 0 amide bonds. The van der Waals surface area contributed by atoms with E-state index in [0.717, 1.165) is 32.4 Å². The van der Waals surface area contributed by atoms with Crippen molar-refractivity contribution in [1.82, 2.24) is 4.90 Å². The van der Waals surface area contributed by atoms with Crippen molar-refractivity contribution < 1.29 is 9.84 Å². The average molecular weight is 303 g/mol. The molecule has 1 aromatic rings. The number of phenols is 1. The number of benzene rings is 1. The molecule has 3 heteroatoms. The third-order valence-electron chi connectivity index (χ3n) is 6.33. The molecule has 1 fully saturated rings. The zero-order chi connectivity index (χ0) is 15.9. The quantitative estimate of drug-likeness (QED) is 0.926. The molecule has 0 aromatic heterocycles. The number of rotatable bonds is 4. The predicted octanol–water partition coefficient (Wildman–Crippen LogP) is 3.34. The van der Waals surface area contributed by atoms with Gasteiger partial charge in [-0.05, 0) is 60.4 Å². The number of piperidine rings is 1. The van der Waals surface area contributed by atoms with E-state index in [9.17, 15) is 5.11 Å². The first kappa shape index (κ1) is 15.8. The number of phenolic OH excluding ortho intramolecular Hbond substituents is 1. The molecule has 1 aromatic carbocycles. The van der Waals surface area contributed by atoms with E-state index in [2.05, 4.69) is 31.7 Å². The van der Waals surface area contributed by atoms with Crippen molar-refractivity contribution in [3.8, 4) is 5.75 Å². The van der Waals surface area contributed by atoms with Crippen molar-refractivity contribution >= 4 is 0 Å². The summed E-state index contributed by atoms with van der Waals surface area (Å²) in [5, 5.41) is 9.89. The van der Waals surface area contributed by atoms with Crippen LogP contribution in [0, 0.1) is 5.92 Å². The number of methoxy groups -OCH3 is 1. The van der Waals surface area contributed by atoms with Crippen LogP contribution in [0.4, 0.5) is 0 Å². The molecule has 3 rings (SSSR count). The Hall–Kier alpha value is -1.06. The van der Waals surface area contributed by atoms with Gasteiger partial charge in [-0.15, -0.1) is 0 Å². The van der Waals surface area contributed by atoms with Gasteiger partial charge in [-0.25, -0.2) is 0 Å². The van der Waals surface area contributed by atoms with E-state index in [-0.39, 0.29) is 5.41 Å². The van der Waals surface area contributed by atoms with Crippen molar-refractivity contribution in [1.29, 1.82) is 0 Å². The van der Waals surface area contributed by atoms with E-state index in [4.69, 9.17) is 4.74 Å². The lowest BCUT2D eigenvalue weighted by atomic mass is 9.59. The van der Waals surface area contributed by atoms with E-state index >= 15 is 0 Å². The lowest BCUT2D eigenvalue weighted by Crippen LogP contribution is -2.59. The van der Waals surface area contributed by atoms with E-state index in [0.29, 0.717) is 23.8 Å². The van der Waals surface area contributed by atoms with Gasteiger partial charge in [0.15, 0.2) is 0 Å². The van der Waals surface area contributed by atoms with Gasteiger partial charge >= 0.3 is 0 Å². The summed E-state index contributed by atoms with van der Waals surface area (Å²) in [5.74, 6) is 1.00. The van der Waals surface area contributed by atoms with E-state index < -0.39 is 0 Å². The molecule has 22 heavy (non-hydrogen) atoms. The van der Waals surface area contributed by atoms with Gasteiger partial charge in [0.25, 0.3) is 0 Å². The van der Waals surface area contributed by atoms with Crippen LogP contribution in [0.25, 0.3) is 0 Å². The summed E-state index contributed by atoms with van der Waals surface area (Å²) >= 11 is 0. The number of hydrogen-bond acceptors (Lipinski definition) is 3. The van der Waals surface area contributed by atoms with E-state index in [1.54, 1.807) is 0 Å². The van der Waals surface area contributed by atoms with Crippen LogP contribution in [-0.4, -0.2) is 42.4 Å². The zero-order valence-corrected chi connectivity index (χ0v) is 14.3. The fourth-order valence-corrected chi connectivity index (χ4v) is 4.55. The highest BCUT2D eigenvalue weighted by molar-refractivity contribution is 5.44. The van der Waals surface area contributed by atoms with Gasteiger partial charge < -0.3 is 9.84 Å². The monoisotopic (exact) mass is 303 g/mol. The second kappa shape index (κ2) is 5.86. The number of ether oxygens (including phenoxy) is 1. The Morgan fingerprint density at radius 1 is 1.45 bits per heavy atom. The third-order valence-corrected chi connectivity index (χ3v) is 6.33. The van der Waals surface area contributed by atoms with Crippen LogP contribution >= 0.6 is 0 Å². The molecule has 1 saturated heterocycles. The predicted molar refractivity (Wildman–Crippen MR) is 89.4 cm³/mol.